The molecule has 0 saturated carbocycles. The van der Waals surface area contributed by atoms with E-state index in [1.165, 1.54) is 0 Å². The number of aromatic hydroxyl groups is 1. The van der Waals surface area contributed by atoms with Crippen molar-refractivity contribution in [2.75, 3.05) is 7.11 Å². The maximum atomic E-state index is 12.3. The fourth-order valence-corrected chi connectivity index (χ4v) is 1.16. The predicted octanol–water partition coefficient (Wildman–Crippen LogP) is 2.16. The topological polar surface area (TPSA) is 59.4 Å². The molecule has 0 amide bonds. The lowest BCUT2D eigenvalue weighted by Crippen LogP contribution is -2.05. The third kappa shape index (κ3) is 2.15. The minimum absolute atomic E-state index is 0.247. The molecule has 1 aromatic heterocycles. The highest BCUT2D eigenvalue weighted by molar-refractivity contribution is 6.33. The van der Waals surface area contributed by atoms with Crippen molar-refractivity contribution in [1.82, 2.24) is 4.98 Å². The number of halogens is 3. The molecule has 4 nitrogen and oxygen atoms in total. The molecule has 0 aliphatic rings. The van der Waals surface area contributed by atoms with E-state index in [9.17, 15) is 18.7 Å². The standard InChI is InChI=1S/C8H6ClF2NO3/c1-15-8(14)4-3(9)2-12-5(6(4)13)7(10)11/h2,7,13H,1H3. The molecule has 82 valence electrons. The summed E-state index contributed by atoms with van der Waals surface area (Å²) >= 11 is 5.51. The van der Waals surface area contributed by atoms with Gasteiger partial charge in [0.2, 0.25) is 0 Å². The summed E-state index contributed by atoms with van der Waals surface area (Å²) < 4.78 is 28.9. The Morgan fingerprint density at radius 3 is 2.73 bits per heavy atom. The van der Waals surface area contributed by atoms with E-state index in [2.05, 4.69) is 9.72 Å². The van der Waals surface area contributed by atoms with Gasteiger partial charge in [-0.05, 0) is 0 Å². The van der Waals surface area contributed by atoms with Crippen molar-refractivity contribution in [3.63, 3.8) is 0 Å². The van der Waals surface area contributed by atoms with Crippen LogP contribution in [0.2, 0.25) is 5.02 Å². The minimum Gasteiger partial charge on any atom is -0.505 e. The predicted molar refractivity (Wildman–Crippen MR) is 47.2 cm³/mol. The number of esters is 1. The lowest BCUT2D eigenvalue weighted by Gasteiger charge is -2.08. The van der Waals surface area contributed by atoms with Crippen LogP contribution in [0.1, 0.15) is 22.5 Å². The number of ether oxygens (including phenoxy) is 1. The summed E-state index contributed by atoms with van der Waals surface area (Å²) in [7, 11) is 1.04. The molecule has 1 heterocycles. The van der Waals surface area contributed by atoms with Gasteiger partial charge in [0, 0.05) is 6.20 Å². The molecule has 0 bridgehead atoms. The number of carbonyl (C=O) groups excluding carboxylic acids is 1. The summed E-state index contributed by atoms with van der Waals surface area (Å²) in [6.45, 7) is 0. The smallest absolute Gasteiger partial charge is 0.343 e. The van der Waals surface area contributed by atoms with Gasteiger partial charge in [0.1, 0.15) is 11.3 Å². The van der Waals surface area contributed by atoms with Crippen molar-refractivity contribution in [2.45, 2.75) is 6.43 Å². The first-order chi connectivity index (χ1) is 6.99. The molecule has 1 N–H and O–H groups in total. The SMILES string of the molecule is COC(=O)c1c(Cl)cnc(C(F)F)c1O. The molecular formula is C8H6ClF2NO3. The van der Waals surface area contributed by atoms with Crippen LogP contribution in [0.3, 0.4) is 0 Å². The second-order valence-electron chi connectivity index (χ2n) is 2.51. The Hall–Kier alpha value is -1.43. The van der Waals surface area contributed by atoms with Gasteiger partial charge in [0.05, 0.1) is 12.1 Å². The summed E-state index contributed by atoms with van der Waals surface area (Å²) in [5, 5.41) is 9.07. The second kappa shape index (κ2) is 4.39. The van der Waals surface area contributed by atoms with Crippen molar-refractivity contribution in [3.05, 3.63) is 22.5 Å². The van der Waals surface area contributed by atoms with E-state index in [4.69, 9.17) is 11.6 Å². The highest BCUT2D eigenvalue weighted by Crippen LogP contribution is 2.33. The molecule has 1 aromatic rings. The van der Waals surface area contributed by atoms with E-state index >= 15 is 0 Å². The molecule has 0 spiro atoms. The molecule has 0 saturated heterocycles. The monoisotopic (exact) mass is 237 g/mol. The van der Waals surface area contributed by atoms with Gasteiger partial charge < -0.3 is 9.84 Å². The van der Waals surface area contributed by atoms with Crippen LogP contribution in [0, 0.1) is 0 Å². The largest absolute Gasteiger partial charge is 0.505 e. The van der Waals surface area contributed by atoms with E-state index in [0.717, 1.165) is 13.3 Å². The molecule has 0 aromatic carbocycles. The van der Waals surface area contributed by atoms with E-state index in [-0.39, 0.29) is 5.02 Å². The Balaban J connectivity index is 3.36. The minimum atomic E-state index is -2.99. The molecule has 0 atom stereocenters. The Kier molecular flexibility index (Phi) is 3.41. The zero-order chi connectivity index (χ0) is 11.6. The molecule has 0 unspecified atom stereocenters. The van der Waals surface area contributed by atoms with Gasteiger partial charge in [-0.3, -0.25) is 0 Å². The van der Waals surface area contributed by atoms with Crippen LogP contribution in [0.4, 0.5) is 8.78 Å². The van der Waals surface area contributed by atoms with Crippen LogP contribution < -0.4 is 0 Å². The number of aromatic nitrogens is 1. The van der Waals surface area contributed by atoms with Crippen LogP contribution in [-0.2, 0) is 4.74 Å². The van der Waals surface area contributed by atoms with E-state index < -0.39 is 29.4 Å². The van der Waals surface area contributed by atoms with Crippen molar-refractivity contribution >= 4 is 17.6 Å². The average Bonchev–Trinajstić information content (AvgIpc) is 2.16. The summed E-state index contributed by atoms with van der Waals surface area (Å²) in [5.74, 6) is -1.95. The van der Waals surface area contributed by atoms with Crippen LogP contribution in [0.15, 0.2) is 6.20 Å². The molecule has 0 fully saturated rings. The number of carbonyl (C=O) groups is 1. The van der Waals surface area contributed by atoms with E-state index in [1.54, 1.807) is 0 Å². The summed E-state index contributed by atoms with van der Waals surface area (Å²) in [5.41, 5.74) is -1.41. The number of methoxy groups -OCH3 is 1. The quantitative estimate of drug-likeness (QED) is 0.801. The Labute approximate surface area is 88.4 Å². The fraction of sp³-hybridized carbons (Fsp3) is 0.250. The molecule has 0 aliphatic carbocycles. The molecule has 1 rings (SSSR count). The van der Waals surface area contributed by atoms with Crippen LogP contribution in [-0.4, -0.2) is 23.2 Å². The zero-order valence-corrected chi connectivity index (χ0v) is 8.26. The van der Waals surface area contributed by atoms with Gasteiger partial charge >= 0.3 is 5.97 Å². The van der Waals surface area contributed by atoms with Crippen molar-refractivity contribution < 1.29 is 23.4 Å². The highest BCUT2D eigenvalue weighted by Gasteiger charge is 2.24. The molecule has 0 radical (unpaired) electrons. The third-order valence-corrected chi connectivity index (χ3v) is 1.92. The lowest BCUT2D eigenvalue weighted by atomic mass is 10.2. The fourth-order valence-electron chi connectivity index (χ4n) is 0.949. The first-order valence-electron chi connectivity index (χ1n) is 3.72. The van der Waals surface area contributed by atoms with Gasteiger partial charge in [-0.25, -0.2) is 18.6 Å². The highest BCUT2D eigenvalue weighted by atomic mass is 35.5. The summed E-state index contributed by atoms with van der Waals surface area (Å²) in [6, 6.07) is 0. The van der Waals surface area contributed by atoms with Gasteiger partial charge in [-0.15, -0.1) is 0 Å². The van der Waals surface area contributed by atoms with E-state index in [1.807, 2.05) is 0 Å². The average molecular weight is 238 g/mol. The first-order valence-corrected chi connectivity index (χ1v) is 4.10. The van der Waals surface area contributed by atoms with Crippen LogP contribution in [0.5, 0.6) is 5.75 Å². The number of hydrogen-bond donors (Lipinski definition) is 1. The maximum absolute atomic E-state index is 12.3. The van der Waals surface area contributed by atoms with Crippen LogP contribution in [0.25, 0.3) is 0 Å². The van der Waals surface area contributed by atoms with Gasteiger partial charge in [-0.1, -0.05) is 11.6 Å². The van der Waals surface area contributed by atoms with Gasteiger partial charge in [0.15, 0.2) is 5.75 Å². The summed E-state index contributed by atoms with van der Waals surface area (Å²) in [6.07, 6.45) is -2.14. The number of hydrogen-bond acceptors (Lipinski definition) is 4. The van der Waals surface area contributed by atoms with Gasteiger partial charge in [-0.2, -0.15) is 0 Å². The number of rotatable bonds is 2. The Morgan fingerprint density at radius 1 is 1.67 bits per heavy atom. The number of nitrogens with zero attached hydrogens (tertiary/aromatic N) is 1. The van der Waals surface area contributed by atoms with Crippen molar-refractivity contribution in [3.8, 4) is 5.75 Å². The first kappa shape index (κ1) is 11.6. The number of pyridine rings is 1. The zero-order valence-electron chi connectivity index (χ0n) is 7.50. The van der Waals surface area contributed by atoms with Crippen molar-refractivity contribution in [2.24, 2.45) is 0 Å². The second-order valence-corrected chi connectivity index (χ2v) is 2.91. The van der Waals surface area contributed by atoms with Gasteiger partial charge in [0.25, 0.3) is 6.43 Å². The third-order valence-electron chi connectivity index (χ3n) is 1.63. The Morgan fingerprint density at radius 2 is 2.27 bits per heavy atom. The normalized spacial score (nSPS) is 10.5. The molecule has 15 heavy (non-hydrogen) atoms. The molecular weight excluding hydrogens is 232 g/mol. The van der Waals surface area contributed by atoms with Crippen molar-refractivity contribution in [1.29, 1.82) is 0 Å². The molecule has 0 aliphatic heterocycles. The summed E-state index contributed by atoms with van der Waals surface area (Å²) in [4.78, 5) is 14.3. The van der Waals surface area contributed by atoms with E-state index in [0.29, 0.717) is 0 Å². The lowest BCUT2D eigenvalue weighted by molar-refractivity contribution is 0.0596. The maximum Gasteiger partial charge on any atom is 0.343 e. The number of alkyl halides is 2. The Bertz CT molecular complexity index is 398. The van der Waals surface area contributed by atoms with Crippen LogP contribution >= 0.6 is 11.6 Å². The molecule has 7 heteroatoms.